The molecule has 0 saturated carbocycles. The molecule has 0 aliphatic heterocycles. The summed E-state index contributed by atoms with van der Waals surface area (Å²) in [6, 6.07) is 6.23. The third-order valence-corrected chi connectivity index (χ3v) is 5.07. The molecule has 2 aromatic rings. The number of rotatable bonds is 0. The third-order valence-electron chi connectivity index (χ3n) is 1.75. The monoisotopic (exact) mass is 411 g/mol. The first-order valence-electron chi connectivity index (χ1n) is 3.49. The molecule has 0 spiro atoms. The molecule has 1 heterocycles. The second-order valence-electron chi connectivity index (χ2n) is 2.50. The molecule has 0 atom stereocenters. The van der Waals surface area contributed by atoms with Gasteiger partial charge in [-0.1, -0.05) is 0 Å². The van der Waals surface area contributed by atoms with Crippen LogP contribution in [0.3, 0.4) is 0 Å². The van der Waals surface area contributed by atoms with Crippen molar-refractivity contribution in [2.75, 3.05) is 0 Å². The Kier molecular flexibility index (Phi) is 2.76. The van der Waals surface area contributed by atoms with Gasteiger partial charge in [-0.2, -0.15) is 5.26 Å². The van der Waals surface area contributed by atoms with Gasteiger partial charge in [-0.3, -0.25) is 0 Å². The summed E-state index contributed by atoms with van der Waals surface area (Å²) in [5, 5.41) is 12.2. The highest BCUT2D eigenvalue weighted by molar-refractivity contribution is 14.1. The Hall–Kier alpha value is 0.130. The molecular weight excluding hydrogens is 408 g/mol. The van der Waals surface area contributed by atoms with Gasteiger partial charge in [-0.15, -0.1) is 11.3 Å². The lowest BCUT2D eigenvalue weighted by molar-refractivity contribution is 1.48. The average Bonchev–Trinajstić information content (AvgIpc) is 2.60. The Morgan fingerprint density at radius 1 is 1.38 bits per heavy atom. The fourth-order valence-corrected chi connectivity index (χ4v) is 3.85. The maximum Gasteiger partial charge on any atom is 0.100 e. The lowest BCUT2D eigenvalue weighted by Gasteiger charge is -1.99. The first-order chi connectivity index (χ1) is 6.24. The normalized spacial score (nSPS) is 10.2. The van der Waals surface area contributed by atoms with E-state index in [1.807, 2.05) is 6.07 Å². The van der Waals surface area contributed by atoms with Crippen LogP contribution in [0.2, 0.25) is 0 Å². The van der Waals surface area contributed by atoms with E-state index in [-0.39, 0.29) is 0 Å². The molecule has 0 unspecified atom stereocenters. The second-order valence-corrected chi connectivity index (χ2v) is 5.65. The number of nitrogens with zero attached hydrogens (tertiary/aromatic N) is 1. The molecule has 1 nitrogen and oxygen atoms in total. The first-order valence-corrected chi connectivity index (χ1v) is 6.53. The molecule has 0 bridgehead atoms. The smallest absolute Gasteiger partial charge is 0.100 e. The van der Waals surface area contributed by atoms with Gasteiger partial charge < -0.3 is 0 Å². The summed E-state index contributed by atoms with van der Waals surface area (Å²) >= 11 is 6.23. The zero-order valence-corrected chi connectivity index (χ0v) is 11.5. The van der Waals surface area contributed by atoms with Crippen molar-refractivity contribution in [2.24, 2.45) is 0 Å². The first kappa shape index (κ1) is 9.68. The van der Waals surface area contributed by atoms with E-state index >= 15 is 0 Å². The largest absolute Gasteiger partial charge is 0.192 e. The molecular formula is C9H3I2NS. The number of thiophene rings is 1. The van der Waals surface area contributed by atoms with Gasteiger partial charge in [0, 0.05) is 17.2 Å². The topological polar surface area (TPSA) is 23.8 Å². The van der Waals surface area contributed by atoms with Gasteiger partial charge in [0.05, 0.1) is 5.56 Å². The number of hydrogen-bond donors (Lipinski definition) is 0. The number of halogens is 2. The van der Waals surface area contributed by atoms with Crippen LogP contribution in [-0.4, -0.2) is 0 Å². The molecule has 0 N–H and O–H groups in total. The summed E-state index contributed by atoms with van der Waals surface area (Å²) in [5.41, 5.74) is 0.774. The Bertz CT molecular complexity index is 510. The lowest BCUT2D eigenvalue weighted by Crippen LogP contribution is -1.84. The highest BCUT2D eigenvalue weighted by atomic mass is 127. The highest BCUT2D eigenvalue weighted by Gasteiger charge is 2.08. The van der Waals surface area contributed by atoms with Gasteiger partial charge >= 0.3 is 0 Å². The van der Waals surface area contributed by atoms with Gasteiger partial charge in [0.15, 0.2) is 0 Å². The third kappa shape index (κ3) is 1.57. The van der Waals surface area contributed by atoms with Crippen LogP contribution < -0.4 is 0 Å². The molecule has 0 aliphatic rings. The zero-order chi connectivity index (χ0) is 9.42. The number of benzene rings is 1. The second kappa shape index (κ2) is 3.71. The van der Waals surface area contributed by atoms with Crippen LogP contribution in [0.5, 0.6) is 0 Å². The summed E-state index contributed by atoms with van der Waals surface area (Å²) in [4.78, 5) is 0. The summed E-state index contributed by atoms with van der Waals surface area (Å²) in [6.07, 6.45) is 0. The van der Waals surface area contributed by atoms with Crippen LogP contribution in [0.1, 0.15) is 5.56 Å². The molecule has 0 amide bonds. The predicted octanol–water partition coefficient (Wildman–Crippen LogP) is 3.98. The molecule has 2 rings (SSSR count). The van der Waals surface area contributed by atoms with Gasteiger partial charge in [0.25, 0.3) is 0 Å². The zero-order valence-electron chi connectivity index (χ0n) is 6.34. The van der Waals surface area contributed by atoms with E-state index in [2.05, 4.69) is 62.7 Å². The number of hydrogen-bond acceptors (Lipinski definition) is 2. The minimum absolute atomic E-state index is 0.774. The van der Waals surface area contributed by atoms with Gasteiger partial charge in [0.2, 0.25) is 0 Å². The van der Waals surface area contributed by atoms with Crippen molar-refractivity contribution >= 4 is 66.6 Å². The van der Waals surface area contributed by atoms with E-state index in [0.717, 1.165) is 9.13 Å². The Morgan fingerprint density at radius 3 is 2.85 bits per heavy atom. The van der Waals surface area contributed by atoms with Crippen molar-refractivity contribution in [3.63, 3.8) is 0 Å². The molecule has 0 aliphatic carbocycles. The minimum Gasteiger partial charge on any atom is -0.192 e. The van der Waals surface area contributed by atoms with Crippen LogP contribution in [0.15, 0.2) is 17.5 Å². The van der Waals surface area contributed by atoms with E-state index in [0.29, 0.717) is 0 Å². The summed E-state index contributed by atoms with van der Waals surface area (Å²) in [7, 11) is 0. The van der Waals surface area contributed by atoms with E-state index < -0.39 is 0 Å². The Morgan fingerprint density at radius 2 is 2.15 bits per heavy atom. The van der Waals surface area contributed by atoms with Crippen molar-refractivity contribution < 1.29 is 0 Å². The minimum atomic E-state index is 0.774. The van der Waals surface area contributed by atoms with Crippen LogP contribution in [0.25, 0.3) is 10.1 Å². The maximum absolute atomic E-state index is 8.89. The number of fused-ring (bicyclic) bond motifs is 1. The quantitative estimate of drug-likeness (QED) is 0.602. The summed E-state index contributed by atoms with van der Waals surface area (Å²) in [5.74, 6) is 0. The number of nitriles is 1. The van der Waals surface area contributed by atoms with Gasteiger partial charge in [-0.25, -0.2) is 0 Å². The predicted molar refractivity (Wildman–Crippen MR) is 72.0 cm³/mol. The van der Waals surface area contributed by atoms with Crippen molar-refractivity contribution in [2.45, 2.75) is 0 Å². The highest BCUT2D eigenvalue weighted by Crippen LogP contribution is 2.32. The van der Waals surface area contributed by atoms with Crippen LogP contribution in [0, 0.1) is 18.5 Å². The molecule has 64 valence electrons. The van der Waals surface area contributed by atoms with Crippen LogP contribution in [-0.2, 0) is 0 Å². The standard InChI is InChI=1S/C9H3I2NS/c10-7-3-5(4-12)8(11)6-1-2-13-9(6)7/h1-3H. The van der Waals surface area contributed by atoms with Crippen LogP contribution in [0.4, 0.5) is 0 Å². The van der Waals surface area contributed by atoms with Crippen molar-refractivity contribution in [3.8, 4) is 6.07 Å². The Balaban J connectivity index is 2.95. The van der Waals surface area contributed by atoms with E-state index in [1.54, 1.807) is 11.3 Å². The van der Waals surface area contributed by atoms with Gasteiger partial charge in [0.1, 0.15) is 6.07 Å². The van der Waals surface area contributed by atoms with E-state index in [4.69, 9.17) is 5.26 Å². The van der Waals surface area contributed by atoms with Crippen molar-refractivity contribution in [1.82, 2.24) is 0 Å². The summed E-state index contributed by atoms with van der Waals surface area (Å²) < 4.78 is 3.51. The molecule has 4 heteroatoms. The van der Waals surface area contributed by atoms with Crippen molar-refractivity contribution in [1.29, 1.82) is 5.26 Å². The Labute approximate surface area is 107 Å². The van der Waals surface area contributed by atoms with E-state index in [9.17, 15) is 0 Å². The van der Waals surface area contributed by atoms with Crippen LogP contribution >= 0.6 is 56.5 Å². The lowest BCUT2D eigenvalue weighted by atomic mass is 10.2. The van der Waals surface area contributed by atoms with E-state index in [1.165, 1.54) is 13.7 Å². The van der Waals surface area contributed by atoms with Gasteiger partial charge in [-0.05, 0) is 62.7 Å². The fourth-order valence-electron chi connectivity index (χ4n) is 1.15. The molecule has 1 aromatic carbocycles. The SMILES string of the molecule is N#Cc1cc(I)c2sccc2c1I. The summed E-state index contributed by atoms with van der Waals surface area (Å²) in [6.45, 7) is 0. The fraction of sp³-hybridized carbons (Fsp3) is 0. The molecule has 0 saturated heterocycles. The average molecular weight is 411 g/mol. The molecule has 0 radical (unpaired) electrons. The molecule has 1 aromatic heterocycles. The molecule has 13 heavy (non-hydrogen) atoms. The maximum atomic E-state index is 8.89. The van der Waals surface area contributed by atoms with Crippen molar-refractivity contribution in [3.05, 3.63) is 30.2 Å². The molecule has 0 fully saturated rings.